The number of hydrogen-bond donors (Lipinski definition) is 2. The van der Waals surface area contributed by atoms with Crippen molar-refractivity contribution < 1.29 is 8.42 Å². The monoisotopic (exact) mass is 312 g/mol. The summed E-state index contributed by atoms with van der Waals surface area (Å²) in [4.78, 5) is 0.351. The van der Waals surface area contributed by atoms with Gasteiger partial charge in [0.2, 0.25) is 10.0 Å². The van der Waals surface area contributed by atoms with Crippen LogP contribution in [0.1, 0.15) is 45.6 Å². The molecule has 0 heterocycles. The number of benzene rings is 1. The fraction of sp³-hybridized carbons (Fsp3) is 0.625. The van der Waals surface area contributed by atoms with Gasteiger partial charge in [0.15, 0.2) is 0 Å². The lowest BCUT2D eigenvalue weighted by Gasteiger charge is -2.14. The van der Waals surface area contributed by atoms with Crippen molar-refractivity contribution in [1.82, 2.24) is 10.0 Å². The molecule has 0 saturated heterocycles. The molecule has 1 aromatic carbocycles. The van der Waals surface area contributed by atoms with Gasteiger partial charge in [-0.15, -0.1) is 0 Å². The average molecular weight is 312 g/mol. The quantitative estimate of drug-likeness (QED) is 0.653. The van der Waals surface area contributed by atoms with Crippen LogP contribution in [0.4, 0.5) is 0 Å². The zero-order valence-electron chi connectivity index (χ0n) is 13.4. The lowest BCUT2D eigenvalue weighted by molar-refractivity contribution is 0.479. The number of rotatable bonds is 10. The Bertz CT molecular complexity index is 511. The van der Waals surface area contributed by atoms with Crippen molar-refractivity contribution in [1.29, 1.82) is 0 Å². The van der Waals surface area contributed by atoms with Crippen LogP contribution in [0.15, 0.2) is 29.2 Å². The maximum atomic E-state index is 12.3. The van der Waals surface area contributed by atoms with Gasteiger partial charge in [-0.3, -0.25) is 0 Å². The maximum absolute atomic E-state index is 12.3. The van der Waals surface area contributed by atoms with E-state index in [4.69, 9.17) is 0 Å². The molecule has 120 valence electrons. The van der Waals surface area contributed by atoms with E-state index in [9.17, 15) is 8.42 Å². The van der Waals surface area contributed by atoms with Crippen molar-refractivity contribution in [2.75, 3.05) is 13.1 Å². The Morgan fingerprint density at radius 1 is 1.14 bits per heavy atom. The van der Waals surface area contributed by atoms with E-state index in [1.54, 1.807) is 18.2 Å². The molecule has 2 N–H and O–H groups in total. The summed E-state index contributed by atoms with van der Waals surface area (Å²) in [6.45, 7) is 8.42. The molecular weight excluding hydrogens is 284 g/mol. The Kier molecular flexibility index (Phi) is 7.93. The zero-order valence-corrected chi connectivity index (χ0v) is 14.2. The van der Waals surface area contributed by atoms with E-state index in [0.717, 1.165) is 31.4 Å². The molecule has 0 saturated carbocycles. The lowest BCUT2D eigenvalue weighted by Crippen LogP contribution is -2.29. The Balaban J connectivity index is 2.71. The van der Waals surface area contributed by atoms with Crippen molar-refractivity contribution >= 4 is 10.0 Å². The van der Waals surface area contributed by atoms with E-state index < -0.39 is 10.0 Å². The van der Waals surface area contributed by atoms with Gasteiger partial charge in [0, 0.05) is 13.1 Å². The second kappa shape index (κ2) is 9.18. The first-order valence-corrected chi connectivity index (χ1v) is 9.31. The third-order valence-electron chi connectivity index (χ3n) is 3.68. The van der Waals surface area contributed by atoms with Crippen LogP contribution < -0.4 is 10.0 Å². The third kappa shape index (κ3) is 6.16. The molecule has 0 atom stereocenters. The molecule has 0 unspecified atom stereocenters. The summed E-state index contributed by atoms with van der Waals surface area (Å²) in [5.41, 5.74) is 0.994. The van der Waals surface area contributed by atoms with E-state index in [2.05, 4.69) is 30.8 Å². The predicted octanol–water partition coefficient (Wildman–Crippen LogP) is 2.90. The van der Waals surface area contributed by atoms with Gasteiger partial charge in [-0.05, 0) is 36.6 Å². The molecule has 21 heavy (non-hydrogen) atoms. The number of nitrogens with one attached hydrogen (secondary N) is 2. The minimum atomic E-state index is -3.41. The second-order valence-electron chi connectivity index (χ2n) is 5.36. The topological polar surface area (TPSA) is 58.2 Å². The highest BCUT2D eigenvalue weighted by Gasteiger charge is 2.15. The summed E-state index contributed by atoms with van der Waals surface area (Å²) in [5.74, 6) is 0.397. The molecule has 0 amide bonds. The van der Waals surface area contributed by atoms with E-state index in [0.29, 0.717) is 23.9 Å². The summed E-state index contributed by atoms with van der Waals surface area (Å²) in [7, 11) is -3.41. The maximum Gasteiger partial charge on any atom is 0.240 e. The fourth-order valence-electron chi connectivity index (χ4n) is 2.12. The van der Waals surface area contributed by atoms with Gasteiger partial charge in [0.1, 0.15) is 0 Å². The summed E-state index contributed by atoms with van der Waals surface area (Å²) >= 11 is 0. The largest absolute Gasteiger partial charge is 0.313 e. The van der Waals surface area contributed by atoms with Crippen molar-refractivity contribution in [2.45, 2.75) is 51.5 Å². The molecule has 5 heteroatoms. The third-order valence-corrected chi connectivity index (χ3v) is 5.10. The van der Waals surface area contributed by atoms with Crippen LogP contribution in [-0.2, 0) is 16.6 Å². The summed E-state index contributed by atoms with van der Waals surface area (Å²) in [6.07, 6.45) is 3.04. The Morgan fingerprint density at radius 2 is 1.86 bits per heavy atom. The smallest absolute Gasteiger partial charge is 0.240 e. The second-order valence-corrected chi connectivity index (χ2v) is 7.13. The average Bonchev–Trinajstić information content (AvgIpc) is 2.49. The summed E-state index contributed by atoms with van der Waals surface area (Å²) in [6, 6.07) is 7.15. The van der Waals surface area contributed by atoms with Crippen LogP contribution in [0.5, 0.6) is 0 Å². The number of sulfonamides is 1. The highest BCUT2D eigenvalue weighted by atomic mass is 32.2. The summed E-state index contributed by atoms with van der Waals surface area (Å²) in [5, 5.41) is 3.28. The molecule has 4 nitrogen and oxygen atoms in total. The normalized spacial score (nSPS) is 12.0. The fourth-order valence-corrected chi connectivity index (χ4v) is 3.31. The molecule has 0 radical (unpaired) electrons. The Morgan fingerprint density at radius 3 is 2.48 bits per heavy atom. The first-order chi connectivity index (χ1) is 10.0. The standard InChI is InChI=1S/C16H28N2O2S/c1-4-10-17-12-15-8-7-9-16(11-15)21(19,20)18-13-14(5-2)6-3/h7-9,11,14,17-18H,4-6,10,12-13H2,1-3H3. The zero-order chi connectivity index (χ0) is 15.7. The lowest BCUT2D eigenvalue weighted by atomic mass is 10.0. The molecule has 0 spiro atoms. The molecule has 0 fully saturated rings. The Hall–Kier alpha value is -0.910. The molecule has 0 bridgehead atoms. The first-order valence-electron chi connectivity index (χ1n) is 7.82. The first kappa shape index (κ1) is 18.1. The molecule has 0 aliphatic carbocycles. The number of hydrogen-bond acceptors (Lipinski definition) is 3. The van der Waals surface area contributed by atoms with Crippen LogP contribution in [0.3, 0.4) is 0 Å². The van der Waals surface area contributed by atoms with Gasteiger partial charge < -0.3 is 5.32 Å². The van der Waals surface area contributed by atoms with Gasteiger partial charge in [0.25, 0.3) is 0 Å². The van der Waals surface area contributed by atoms with E-state index in [-0.39, 0.29) is 0 Å². The SMILES string of the molecule is CCCNCc1cccc(S(=O)(=O)NCC(CC)CC)c1. The van der Waals surface area contributed by atoms with Gasteiger partial charge >= 0.3 is 0 Å². The van der Waals surface area contributed by atoms with Crippen LogP contribution in [0.25, 0.3) is 0 Å². The van der Waals surface area contributed by atoms with Gasteiger partial charge in [-0.25, -0.2) is 13.1 Å². The summed E-state index contributed by atoms with van der Waals surface area (Å²) < 4.78 is 27.4. The van der Waals surface area contributed by atoms with Crippen LogP contribution in [0, 0.1) is 5.92 Å². The molecule has 0 aliphatic rings. The minimum Gasteiger partial charge on any atom is -0.313 e. The molecule has 1 rings (SSSR count). The molecule has 1 aromatic rings. The van der Waals surface area contributed by atoms with E-state index >= 15 is 0 Å². The van der Waals surface area contributed by atoms with E-state index in [1.807, 2.05) is 6.07 Å². The van der Waals surface area contributed by atoms with E-state index in [1.165, 1.54) is 0 Å². The minimum absolute atomic E-state index is 0.351. The predicted molar refractivity (Wildman–Crippen MR) is 87.7 cm³/mol. The Labute approximate surface area is 129 Å². The van der Waals surface area contributed by atoms with Crippen molar-refractivity contribution in [3.8, 4) is 0 Å². The van der Waals surface area contributed by atoms with Crippen molar-refractivity contribution in [3.05, 3.63) is 29.8 Å². The van der Waals surface area contributed by atoms with Gasteiger partial charge in [-0.2, -0.15) is 0 Å². The van der Waals surface area contributed by atoms with Crippen molar-refractivity contribution in [2.24, 2.45) is 5.92 Å². The van der Waals surface area contributed by atoms with Crippen molar-refractivity contribution in [3.63, 3.8) is 0 Å². The van der Waals surface area contributed by atoms with Crippen LogP contribution in [-0.4, -0.2) is 21.5 Å². The van der Waals surface area contributed by atoms with Crippen LogP contribution in [0.2, 0.25) is 0 Å². The van der Waals surface area contributed by atoms with Gasteiger partial charge in [-0.1, -0.05) is 45.7 Å². The highest BCUT2D eigenvalue weighted by Crippen LogP contribution is 2.13. The molecule has 0 aliphatic heterocycles. The van der Waals surface area contributed by atoms with Gasteiger partial charge in [0.05, 0.1) is 4.90 Å². The van der Waals surface area contributed by atoms with Crippen LogP contribution >= 0.6 is 0 Å². The highest BCUT2D eigenvalue weighted by molar-refractivity contribution is 7.89. The molecular formula is C16H28N2O2S. The molecule has 0 aromatic heterocycles.